The van der Waals surface area contributed by atoms with Gasteiger partial charge in [-0.05, 0) is 19.8 Å². The van der Waals surface area contributed by atoms with Gasteiger partial charge < -0.3 is 20.8 Å². The summed E-state index contributed by atoms with van der Waals surface area (Å²) >= 11 is 0. The first kappa shape index (κ1) is 14.8. The predicted octanol–water partition coefficient (Wildman–Crippen LogP) is 0.844. The molecule has 104 valence electrons. The third-order valence-corrected chi connectivity index (χ3v) is 3.36. The van der Waals surface area contributed by atoms with Crippen LogP contribution in [0.1, 0.15) is 45.4 Å². The minimum Gasteiger partial charge on any atom is -0.479 e. The van der Waals surface area contributed by atoms with Crippen molar-refractivity contribution in [1.29, 1.82) is 0 Å². The van der Waals surface area contributed by atoms with Gasteiger partial charge in [0.15, 0.2) is 6.10 Å². The Morgan fingerprint density at radius 1 is 1.28 bits per heavy atom. The topological polar surface area (TPSA) is 98.7 Å². The van der Waals surface area contributed by atoms with E-state index in [9.17, 15) is 9.59 Å². The van der Waals surface area contributed by atoms with Gasteiger partial charge in [0, 0.05) is 18.5 Å². The number of rotatable bonds is 5. The first-order chi connectivity index (χ1) is 8.43. The number of hydrogen-bond donors (Lipinski definition) is 4. The van der Waals surface area contributed by atoms with Crippen molar-refractivity contribution >= 4 is 12.0 Å². The maximum absolute atomic E-state index is 11.6. The summed E-state index contributed by atoms with van der Waals surface area (Å²) in [5.74, 6) is -1.27. The van der Waals surface area contributed by atoms with E-state index in [4.69, 9.17) is 10.2 Å². The molecule has 0 radical (unpaired) electrons. The fraction of sp³-hybridized carbons (Fsp3) is 0.833. The van der Waals surface area contributed by atoms with E-state index in [-0.39, 0.29) is 24.5 Å². The Labute approximate surface area is 107 Å². The van der Waals surface area contributed by atoms with Crippen LogP contribution in [0.4, 0.5) is 4.79 Å². The molecule has 1 unspecified atom stereocenters. The van der Waals surface area contributed by atoms with Crippen LogP contribution in [0, 0.1) is 0 Å². The van der Waals surface area contributed by atoms with Crippen LogP contribution in [0.25, 0.3) is 0 Å². The van der Waals surface area contributed by atoms with Gasteiger partial charge in [0.1, 0.15) is 0 Å². The molecule has 4 N–H and O–H groups in total. The zero-order valence-electron chi connectivity index (χ0n) is 10.7. The molecule has 1 aliphatic rings. The summed E-state index contributed by atoms with van der Waals surface area (Å²) in [6.45, 7) is 2.17. The number of carboxylic acids is 1. The number of carbonyl (C=O) groups is 2. The lowest BCUT2D eigenvalue weighted by Crippen LogP contribution is -2.51. The summed E-state index contributed by atoms with van der Waals surface area (Å²) in [5.41, 5.74) is -0.159. The van der Waals surface area contributed by atoms with Crippen molar-refractivity contribution in [2.75, 3.05) is 6.54 Å². The highest BCUT2D eigenvalue weighted by Gasteiger charge is 2.28. The lowest BCUT2D eigenvalue weighted by molar-refractivity contribution is -0.146. The average molecular weight is 258 g/mol. The predicted molar refractivity (Wildman–Crippen MR) is 66.3 cm³/mol. The highest BCUT2D eigenvalue weighted by molar-refractivity contribution is 5.75. The Kier molecular flexibility index (Phi) is 5.40. The maximum Gasteiger partial charge on any atom is 0.332 e. The molecule has 18 heavy (non-hydrogen) atoms. The Bertz CT molecular complexity index is 300. The van der Waals surface area contributed by atoms with E-state index < -0.39 is 12.1 Å². The second kappa shape index (κ2) is 6.58. The van der Waals surface area contributed by atoms with Crippen LogP contribution < -0.4 is 10.6 Å². The van der Waals surface area contributed by atoms with Gasteiger partial charge in [0.05, 0.1) is 0 Å². The molecule has 0 saturated heterocycles. The van der Waals surface area contributed by atoms with Crippen molar-refractivity contribution in [3.8, 4) is 0 Å². The van der Waals surface area contributed by atoms with Crippen molar-refractivity contribution in [2.45, 2.75) is 57.1 Å². The van der Waals surface area contributed by atoms with Crippen molar-refractivity contribution in [3.63, 3.8) is 0 Å². The van der Waals surface area contributed by atoms with Crippen LogP contribution >= 0.6 is 0 Å². The van der Waals surface area contributed by atoms with Gasteiger partial charge in [-0.25, -0.2) is 9.59 Å². The second-order valence-electron chi connectivity index (χ2n) is 5.14. The van der Waals surface area contributed by atoms with E-state index in [0.717, 1.165) is 25.7 Å². The van der Waals surface area contributed by atoms with Crippen LogP contribution in [0.2, 0.25) is 0 Å². The van der Waals surface area contributed by atoms with Gasteiger partial charge in [-0.2, -0.15) is 0 Å². The lowest BCUT2D eigenvalue weighted by atomic mass is 9.83. The summed E-state index contributed by atoms with van der Waals surface area (Å²) in [7, 11) is 0. The summed E-state index contributed by atoms with van der Waals surface area (Å²) in [6, 6.07) is -0.294. The summed E-state index contributed by atoms with van der Waals surface area (Å²) in [5, 5.41) is 23.0. The SMILES string of the molecule is CC1(NC(=O)NCCC(O)C(=O)O)CCCCC1. The van der Waals surface area contributed by atoms with Gasteiger partial charge >= 0.3 is 12.0 Å². The number of carboxylic acid groups (broad SMARTS) is 1. The molecule has 2 amide bonds. The van der Waals surface area contributed by atoms with Gasteiger partial charge in [-0.3, -0.25) is 0 Å². The zero-order chi connectivity index (χ0) is 13.6. The van der Waals surface area contributed by atoms with Crippen LogP contribution in [0.5, 0.6) is 0 Å². The molecule has 1 rings (SSSR count). The second-order valence-corrected chi connectivity index (χ2v) is 5.14. The number of urea groups is 1. The summed E-state index contributed by atoms with van der Waals surface area (Å²) in [4.78, 5) is 22.0. The van der Waals surface area contributed by atoms with E-state index in [1.807, 2.05) is 6.92 Å². The first-order valence-corrected chi connectivity index (χ1v) is 6.40. The molecule has 0 spiro atoms. The molecule has 0 aliphatic heterocycles. The molecule has 6 nitrogen and oxygen atoms in total. The van der Waals surface area contributed by atoms with E-state index in [0.29, 0.717) is 0 Å². The lowest BCUT2D eigenvalue weighted by Gasteiger charge is -2.34. The van der Waals surface area contributed by atoms with Crippen LogP contribution in [-0.2, 0) is 4.79 Å². The standard InChI is InChI=1S/C12H22N2O4/c1-12(6-3-2-4-7-12)14-11(18)13-8-5-9(15)10(16)17/h9,15H,2-8H2,1H3,(H,16,17)(H2,13,14,18). The first-order valence-electron chi connectivity index (χ1n) is 6.40. The molecule has 0 aromatic carbocycles. The fourth-order valence-corrected chi connectivity index (χ4v) is 2.22. The molecule has 0 aromatic heterocycles. The Morgan fingerprint density at radius 3 is 2.44 bits per heavy atom. The van der Waals surface area contributed by atoms with Crippen LogP contribution in [0.15, 0.2) is 0 Å². The minimum atomic E-state index is -1.42. The molecule has 1 atom stereocenters. The highest BCUT2D eigenvalue weighted by atomic mass is 16.4. The minimum absolute atomic E-state index is 0.0134. The smallest absolute Gasteiger partial charge is 0.332 e. The number of hydrogen-bond acceptors (Lipinski definition) is 3. The molecule has 0 aromatic rings. The van der Waals surface area contributed by atoms with E-state index in [1.165, 1.54) is 6.42 Å². The van der Waals surface area contributed by atoms with Gasteiger partial charge in [-0.15, -0.1) is 0 Å². The van der Waals surface area contributed by atoms with Crippen LogP contribution in [0.3, 0.4) is 0 Å². The average Bonchev–Trinajstić information content (AvgIpc) is 2.28. The Hall–Kier alpha value is -1.30. The monoisotopic (exact) mass is 258 g/mol. The maximum atomic E-state index is 11.6. The summed E-state index contributed by atoms with van der Waals surface area (Å²) < 4.78 is 0. The molecule has 0 heterocycles. The van der Waals surface area contributed by atoms with Gasteiger partial charge in [0.2, 0.25) is 0 Å². The molecule has 1 aliphatic carbocycles. The number of carbonyl (C=O) groups excluding carboxylic acids is 1. The quantitative estimate of drug-likeness (QED) is 0.587. The van der Waals surface area contributed by atoms with Crippen molar-refractivity contribution in [2.24, 2.45) is 0 Å². The third-order valence-electron chi connectivity index (χ3n) is 3.36. The number of aliphatic hydroxyl groups excluding tert-OH is 1. The molecule has 0 bridgehead atoms. The van der Waals surface area contributed by atoms with Crippen molar-refractivity contribution in [1.82, 2.24) is 10.6 Å². The number of aliphatic carboxylic acids is 1. The van der Waals surface area contributed by atoms with Gasteiger partial charge in [-0.1, -0.05) is 19.3 Å². The molecular weight excluding hydrogens is 236 g/mol. The van der Waals surface area contributed by atoms with E-state index in [1.54, 1.807) is 0 Å². The van der Waals surface area contributed by atoms with E-state index >= 15 is 0 Å². The zero-order valence-corrected chi connectivity index (χ0v) is 10.7. The van der Waals surface area contributed by atoms with E-state index in [2.05, 4.69) is 10.6 Å². The van der Waals surface area contributed by atoms with Gasteiger partial charge in [0.25, 0.3) is 0 Å². The fourth-order valence-electron chi connectivity index (χ4n) is 2.22. The molecule has 1 saturated carbocycles. The Morgan fingerprint density at radius 2 is 1.89 bits per heavy atom. The van der Waals surface area contributed by atoms with Crippen LogP contribution in [-0.4, -0.2) is 40.4 Å². The third kappa shape index (κ3) is 4.91. The number of nitrogens with one attached hydrogen (secondary N) is 2. The number of amides is 2. The summed E-state index contributed by atoms with van der Waals surface area (Å²) in [6.07, 6.45) is 3.98. The Balaban J connectivity index is 2.22. The highest BCUT2D eigenvalue weighted by Crippen LogP contribution is 2.27. The molecule has 1 fully saturated rings. The largest absolute Gasteiger partial charge is 0.479 e. The molecular formula is C12H22N2O4. The van der Waals surface area contributed by atoms with Crippen molar-refractivity contribution < 1.29 is 19.8 Å². The normalized spacial score (nSPS) is 19.9. The molecule has 6 heteroatoms. The van der Waals surface area contributed by atoms with Crippen molar-refractivity contribution in [3.05, 3.63) is 0 Å². The number of aliphatic hydroxyl groups is 1.